The van der Waals surface area contributed by atoms with Gasteiger partial charge in [-0.15, -0.1) is 0 Å². The number of nitrogens with one attached hydrogen (secondary N) is 1. The number of ether oxygens (including phenoxy) is 2. The Morgan fingerprint density at radius 2 is 1.81 bits per heavy atom. The summed E-state index contributed by atoms with van der Waals surface area (Å²) >= 11 is 0. The van der Waals surface area contributed by atoms with Crippen LogP contribution in [0.1, 0.15) is 18.4 Å². The highest BCUT2D eigenvalue weighted by Gasteiger charge is 2.23. The van der Waals surface area contributed by atoms with Crippen LogP contribution < -0.4 is 14.8 Å². The summed E-state index contributed by atoms with van der Waals surface area (Å²) in [5.41, 5.74) is 2.15. The van der Waals surface area contributed by atoms with E-state index in [1.807, 2.05) is 23.1 Å². The molecule has 144 valence electrons. The molecular formula is C22H28N2O3. The minimum absolute atomic E-state index is 0.123. The molecule has 3 rings (SSSR count). The summed E-state index contributed by atoms with van der Waals surface area (Å²) in [6.45, 7) is 1.91. The predicted molar refractivity (Wildman–Crippen MR) is 107 cm³/mol. The van der Waals surface area contributed by atoms with Gasteiger partial charge >= 0.3 is 0 Å². The molecule has 0 bridgehead atoms. The van der Waals surface area contributed by atoms with Crippen LogP contribution in [-0.4, -0.2) is 44.7 Å². The van der Waals surface area contributed by atoms with E-state index >= 15 is 0 Å². The minimum atomic E-state index is 0.123. The molecule has 5 nitrogen and oxygen atoms in total. The first-order chi connectivity index (χ1) is 13.2. The Hall–Kier alpha value is -2.69. The van der Waals surface area contributed by atoms with Crippen molar-refractivity contribution in [1.82, 2.24) is 4.90 Å². The van der Waals surface area contributed by atoms with Gasteiger partial charge in [0, 0.05) is 19.2 Å². The van der Waals surface area contributed by atoms with Crippen molar-refractivity contribution in [1.29, 1.82) is 0 Å². The second kappa shape index (κ2) is 9.31. The molecule has 1 aliphatic rings. The minimum Gasteiger partial charge on any atom is -0.497 e. The standard InChI is InChI=1S/C22H28N2O3/c1-26-19-8-9-21(27-2)20(15-19)23-16-22(25)24-12-10-18(11-13-24)14-17-6-4-3-5-7-17/h3-9,15,18,23H,10-14,16H2,1-2H3. The van der Waals surface area contributed by atoms with Crippen molar-refractivity contribution in [2.24, 2.45) is 5.92 Å². The third kappa shape index (κ3) is 5.16. The molecule has 2 aromatic rings. The Kier molecular flexibility index (Phi) is 6.58. The summed E-state index contributed by atoms with van der Waals surface area (Å²) in [5.74, 6) is 2.21. The molecule has 1 amide bonds. The monoisotopic (exact) mass is 368 g/mol. The lowest BCUT2D eigenvalue weighted by Crippen LogP contribution is -2.41. The number of amides is 1. The van der Waals surface area contributed by atoms with Crippen LogP contribution in [0, 0.1) is 5.92 Å². The lowest BCUT2D eigenvalue weighted by atomic mass is 9.90. The van der Waals surface area contributed by atoms with E-state index in [-0.39, 0.29) is 12.5 Å². The Bertz CT molecular complexity index is 740. The van der Waals surface area contributed by atoms with E-state index in [0.29, 0.717) is 11.7 Å². The van der Waals surface area contributed by atoms with E-state index in [1.54, 1.807) is 14.2 Å². The summed E-state index contributed by atoms with van der Waals surface area (Å²) in [4.78, 5) is 14.5. The maximum Gasteiger partial charge on any atom is 0.241 e. The largest absolute Gasteiger partial charge is 0.497 e. The fourth-order valence-electron chi connectivity index (χ4n) is 3.57. The first-order valence-corrected chi connectivity index (χ1v) is 9.47. The molecule has 27 heavy (non-hydrogen) atoms. The number of nitrogens with zero attached hydrogens (tertiary/aromatic N) is 1. The molecule has 0 aromatic heterocycles. The first kappa shape index (κ1) is 19.1. The van der Waals surface area contributed by atoms with Crippen LogP contribution in [0.5, 0.6) is 11.5 Å². The van der Waals surface area contributed by atoms with Gasteiger partial charge in [0.25, 0.3) is 0 Å². The lowest BCUT2D eigenvalue weighted by molar-refractivity contribution is -0.130. The van der Waals surface area contributed by atoms with Crippen LogP contribution in [0.2, 0.25) is 0 Å². The molecule has 1 saturated heterocycles. The number of piperidine rings is 1. The summed E-state index contributed by atoms with van der Waals surface area (Å²) < 4.78 is 10.6. The molecule has 1 N–H and O–H groups in total. The van der Waals surface area contributed by atoms with E-state index in [1.165, 1.54) is 5.56 Å². The van der Waals surface area contributed by atoms with Crippen LogP contribution in [0.15, 0.2) is 48.5 Å². The van der Waals surface area contributed by atoms with E-state index in [4.69, 9.17) is 9.47 Å². The van der Waals surface area contributed by atoms with Gasteiger partial charge in [-0.2, -0.15) is 0 Å². The zero-order valence-electron chi connectivity index (χ0n) is 16.1. The fraction of sp³-hybridized carbons (Fsp3) is 0.409. The highest BCUT2D eigenvalue weighted by Crippen LogP contribution is 2.29. The van der Waals surface area contributed by atoms with E-state index in [9.17, 15) is 4.79 Å². The Labute approximate surface area is 161 Å². The Morgan fingerprint density at radius 3 is 2.48 bits per heavy atom. The molecular weight excluding hydrogens is 340 g/mol. The van der Waals surface area contributed by atoms with Crippen molar-refractivity contribution in [3.05, 3.63) is 54.1 Å². The zero-order valence-corrected chi connectivity index (χ0v) is 16.1. The Balaban J connectivity index is 1.48. The predicted octanol–water partition coefficient (Wildman–Crippen LogP) is 3.60. The third-order valence-electron chi connectivity index (χ3n) is 5.17. The Morgan fingerprint density at radius 1 is 1.07 bits per heavy atom. The van der Waals surface area contributed by atoms with Crippen LogP contribution in [-0.2, 0) is 11.2 Å². The lowest BCUT2D eigenvalue weighted by Gasteiger charge is -2.32. The molecule has 0 radical (unpaired) electrons. The van der Waals surface area contributed by atoms with Gasteiger partial charge in [0.05, 0.1) is 26.5 Å². The van der Waals surface area contributed by atoms with Gasteiger partial charge in [0.15, 0.2) is 0 Å². The van der Waals surface area contributed by atoms with Gasteiger partial charge in [-0.3, -0.25) is 4.79 Å². The molecule has 0 atom stereocenters. The normalized spacial score (nSPS) is 14.7. The zero-order chi connectivity index (χ0) is 19.1. The topological polar surface area (TPSA) is 50.8 Å². The van der Waals surface area contributed by atoms with E-state index in [2.05, 4.69) is 35.6 Å². The van der Waals surface area contributed by atoms with Crippen LogP contribution in [0.25, 0.3) is 0 Å². The van der Waals surface area contributed by atoms with Crippen molar-refractivity contribution in [3.63, 3.8) is 0 Å². The second-order valence-corrected chi connectivity index (χ2v) is 6.93. The average Bonchev–Trinajstić information content (AvgIpc) is 2.73. The number of hydrogen-bond acceptors (Lipinski definition) is 4. The van der Waals surface area contributed by atoms with Crippen LogP contribution >= 0.6 is 0 Å². The smallest absolute Gasteiger partial charge is 0.241 e. The molecule has 1 heterocycles. The number of carbonyl (C=O) groups excluding carboxylic acids is 1. The van der Waals surface area contributed by atoms with Gasteiger partial charge in [-0.25, -0.2) is 0 Å². The molecule has 0 spiro atoms. The summed E-state index contributed by atoms with van der Waals surface area (Å²) in [5, 5.41) is 3.19. The summed E-state index contributed by atoms with van der Waals surface area (Å²) in [6.07, 6.45) is 3.22. The molecule has 0 unspecified atom stereocenters. The number of likely N-dealkylation sites (tertiary alicyclic amines) is 1. The molecule has 0 aliphatic carbocycles. The van der Waals surface area contributed by atoms with E-state index in [0.717, 1.165) is 43.8 Å². The maximum absolute atomic E-state index is 12.6. The summed E-state index contributed by atoms with van der Waals surface area (Å²) in [6, 6.07) is 16.1. The second-order valence-electron chi connectivity index (χ2n) is 6.93. The average molecular weight is 368 g/mol. The van der Waals surface area contributed by atoms with E-state index < -0.39 is 0 Å². The fourth-order valence-corrected chi connectivity index (χ4v) is 3.57. The van der Waals surface area contributed by atoms with Gasteiger partial charge in [-0.1, -0.05) is 30.3 Å². The number of rotatable bonds is 7. The first-order valence-electron chi connectivity index (χ1n) is 9.47. The quantitative estimate of drug-likeness (QED) is 0.811. The van der Waals surface area contributed by atoms with Crippen molar-refractivity contribution in [2.45, 2.75) is 19.3 Å². The third-order valence-corrected chi connectivity index (χ3v) is 5.17. The SMILES string of the molecule is COc1ccc(OC)c(NCC(=O)N2CCC(Cc3ccccc3)CC2)c1. The molecule has 2 aromatic carbocycles. The maximum atomic E-state index is 12.6. The molecule has 0 saturated carbocycles. The van der Waals surface area contributed by atoms with Gasteiger partial charge in [-0.05, 0) is 42.9 Å². The van der Waals surface area contributed by atoms with Crippen LogP contribution in [0.3, 0.4) is 0 Å². The van der Waals surface area contributed by atoms with Crippen LogP contribution in [0.4, 0.5) is 5.69 Å². The van der Waals surface area contributed by atoms with Gasteiger partial charge < -0.3 is 19.7 Å². The highest BCUT2D eigenvalue weighted by atomic mass is 16.5. The number of methoxy groups -OCH3 is 2. The molecule has 1 aliphatic heterocycles. The van der Waals surface area contributed by atoms with Gasteiger partial charge in [0.1, 0.15) is 11.5 Å². The van der Waals surface area contributed by atoms with Crippen molar-refractivity contribution >= 4 is 11.6 Å². The number of benzene rings is 2. The molecule has 1 fully saturated rings. The molecule has 5 heteroatoms. The summed E-state index contributed by atoms with van der Waals surface area (Å²) in [7, 11) is 3.24. The number of anilines is 1. The highest BCUT2D eigenvalue weighted by molar-refractivity contribution is 5.81. The number of carbonyl (C=O) groups is 1. The van der Waals surface area contributed by atoms with Gasteiger partial charge in [0.2, 0.25) is 5.91 Å². The van der Waals surface area contributed by atoms with Crippen molar-refractivity contribution in [2.75, 3.05) is 39.2 Å². The van der Waals surface area contributed by atoms with Crippen molar-refractivity contribution < 1.29 is 14.3 Å². The number of hydrogen-bond donors (Lipinski definition) is 1. The van der Waals surface area contributed by atoms with Crippen molar-refractivity contribution in [3.8, 4) is 11.5 Å².